The third kappa shape index (κ3) is 8.14. The zero-order chi connectivity index (χ0) is 17.6. The molecule has 0 saturated carbocycles. The average molecular weight is 333 g/mol. The molecule has 0 amide bonds. The molecule has 0 aliphatic carbocycles. The van der Waals surface area contributed by atoms with Crippen LogP contribution >= 0.6 is 0 Å². The van der Waals surface area contributed by atoms with Crippen molar-refractivity contribution in [3.05, 3.63) is 35.9 Å². The highest BCUT2D eigenvalue weighted by molar-refractivity contribution is 5.95. The van der Waals surface area contributed by atoms with Crippen LogP contribution in [0.1, 0.15) is 57.9 Å². The zero-order valence-corrected chi connectivity index (χ0v) is 14.9. The topological polar surface area (TPSA) is 52.6 Å². The van der Waals surface area contributed by atoms with Crippen molar-refractivity contribution < 1.29 is 19.1 Å². The van der Waals surface area contributed by atoms with Crippen molar-refractivity contribution in [1.29, 1.82) is 0 Å². The fourth-order valence-electron chi connectivity index (χ4n) is 2.31. The van der Waals surface area contributed by atoms with Gasteiger partial charge in [-0.2, -0.15) is 0 Å². The van der Waals surface area contributed by atoms with E-state index in [0.29, 0.717) is 19.6 Å². The maximum Gasteiger partial charge on any atom is 0.320 e. The Bertz CT molecular complexity index is 446. The Hall–Kier alpha value is -1.84. The molecule has 0 N–H and O–H groups in total. The monoisotopic (exact) mass is 333 g/mol. The van der Waals surface area contributed by atoms with Crippen LogP contribution in [-0.2, 0) is 25.5 Å². The van der Waals surface area contributed by atoms with E-state index in [9.17, 15) is 9.59 Å². The van der Waals surface area contributed by atoms with E-state index in [1.54, 1.807) is 12.1 Å². The van der Waals surface area contributed by atoms with Crippen molar-refractivity contribution in [2.24, 2.45) is 5.92 Å². The highest BCUT2D eigenvalue weighted by Crippen LogP contribution is 2.13. The predicted octanol–water partition coefficient (Wildman–Crippen LogP) is 4.11. The van der Waals surface area contributed by atoms with E-state index in [0.717, 1.165) is 44.1 Å². The lowest BCUT2D eigenvalue weighted by Crippen LogP contribution is -2.30. The first kappa shape index (κ1) is 20.2. The van der Waals surface area contributed by atoms with Gasteiger partial charge >= 0.3 is 11.9 Å². The second-order valence-corrected chi connectivity index (χ2v) is 5.91. The van der Waals surface area contributed by atoms with Gasteiger partial charge in [-0.05, 0) is 30.9 Å². The lowest BCUT2D eigenvalue weighted by Gasteiger charge is -2.15. The molecule has 133 valence electrons. The van der Waals surface area contributed by atoms with Crippen LogP contribution in [0.4, 0.5) is 0 Å². The summed E-state index contributed by atoms with van der Waals surface area (Å²) in [6, 6.07) is 10.2. The van der Waals surface area contributed by atoms with Gasteiger partial charge in [-0.15, -0.1) is 0 Å². The minimum absolute atomic E-state index is 0.300. The second-order valence-electron chi connectivity index (χ2n) is 5.91. The molecule has 4 heteroatoms. The molecule has 0 saturated heterocycles. The summed E-state index contributed by atoms with van der Waals surface area (Å²) in [6.07, 6.45) is 6.07. The van der Waals surface area contributed by atoms with Gasteiger partial charge in [-0.3, -0.25) is 9.59 Å². The molecule has 1 radical (unpaired) electrons. The summed E-state index contributed by atoms with van der Waals surface area (Å²) in [5.41, 5.74) is 0.898. The number of unbranched alkanes of at least 4 members (excludes halogenated alkanes) is 4. The first-order valence-electron chi connectivity index (χ1n) is 8.97. The van der Waals surface area contributed by atoms with Gasteiger partial charge in [-0.25, -0.2) is 0 Å². The first-order valence-corrected chi connectivity index (χ1v) is 8.97. The van der Waals surface area contributed by atoms with Gasteiger partial charge in [-0.1, -0.05) is 63.8 Å². The van der Waals surface area contributed by atoms with E-state index in [1.165, 1.54) is 0 Å². The van der Waals surface area contributed by atoms with Crippen LogP contribution < -0.4 is 0 Å². The molecular formula is C20H29O4. The van der Waals surface area contributed by atoms with Gasteiger partial charge in [0, 0.05) is 0 Å². The lowest BCUT2D eigenvalue weighted by molar-refractivity contribution is -0.162. The van der Waals surface area contributed by atoms with Crippen molar-refractivity contribution in [3.63, 3.8) is 0 Å². The van der Waals surface area contributed by atoms with Gasteiger partial charge in [0.25, 0.3) is 0 Å². The first-order chi connectivity index (χ1) is 11.7. The normalized spacial score (nSPS) is 10.6. The lowest BCUT2D eigenvalue weighted by atomic mass is 9.99. The summed E-state index contributed by atoms with van der Waals surface area (Å²) < 4.78 is 10.6. The minimum Gasteiger partial charge on any atom is -0.465 e. The van der Waals surface area contributed by atoms with Crippen molar-refractivity contribution >= 4 is 11.9 Å². The molecule has 0 spiro atoms. The fraction of sp³-hybridized carbons (Fsp3) is 0.600. The van der Waals surface area contributed by atoms with Crippen LogP contribution in [0.2, 0.25) is 0 Å². The summed E-state index contributed by atoms with van der Waals surface area (Å²) in [7, 11) is 0. The number of benzene rings is 1. The number of esters is 2. The molecule has 1 rings (SSSR count). The summed E-state index contributed by atoms with van der Waals surface area (Å²) >= 11 is 0. The molecule has 0 bridgehead atoms. The molecular weight excluding hydrogens is 304 g/mol. The van der Waals surface area contributed by atoms with Crippen LogP contribution in [0.25, 0.3) is 0 Å². The average Bonchev–Trinajstić information content (AvgIpc) is 2.61. The Balaban J connectivity index is 2.60. The Morgan fingerprint density at radius 3 is 1.88 bits per heavy atom. The van der Waals surface area contributed by atoms with Crippen LogP contribution in [0, 0.1) is 12.0 Å². The molecule has 0 aliphatic rings. The highest BCUT2D eigenvalue weighted by atomic mass is 16.6. The largest absolute Gasteiger partial charge is 0.465 e. The van der Waals surface area contributed by atoms with Crippen molar-refractivity contribution in [2.75, 3.05) is 13.2 Å². The maximum absolute atomic E-state index is 12.3. The predicted molar refractivity (Wildman–Crippen MR) is 93.4 cm³/mol. The van der Waals surface area contributed by atoms with Gasteiger partial charge in [0.15, 0.2) is 5.92 Å². The van der Waals surface area contributed by atoms with Crippen molar-refractivity contribution in [1.82, 2.24) is 0 Å². The van der Waals surface area contributed by atoms with Gasteiger partial charge < -0.3 is 9.47 Å². The highest BCUT2D eigenvalue weighted by Gasteiger charge is 2.30. The summed E-state index contributed by atoms with van der Waals surface area (Å²) in [5, 5.41) is 0. The number of hydrogen-bond acceptors (Lipinski definition) is 4. The van der Waals surface area contributed by atoms with Crippen molar-refractivity contribution in [3.8, 4) is 0 Å². The molecule has 24 heavy (non-hydrogen) atoms. The van der Waals surface area contributed by atoms with E-state index in [4.69, 9.17) is 9.47 Å². The maximum atomic E-state index is 12.3. The molecule has 0 aromatic heterocycles. The van der Waals surface area contributed by atoms with E-state index < -0.39 is 17.9 Å². The van der Waals surface area contributed by atoms with Gasteiger partial charge in [0.1, 0.15) is 0 Å². The summed E-state index contributed by atoms with van der Waals surface area (Å²) in [6.45, 7) is 4.89. The number of ether oxygens (including phenoxy) is 2. The van der Waals surface area contributed by atoms with Crippen LogP contribution in [0.15, 0.2) is 24.3 Å². The molecule has 0 heterocycles. The van der Waals surface area contributed by atoms with E-state index in [1.807, 2.05) is 12.1 Å². The Labute approximate surface area is 145 Å². The number of carbonyl (C=O) groups is 2. The molecule has 0 unspecified atom stereocenters. The summed E-state index contributed by atoms with van der Waals surface area (Å²) in [4.78, 5) is 24.6. The van der Waals surface area contributed by atoms with Crippen molar-refractivity contribution in [2.45, 2.75) is 58.8 Å². The fourth-order valence-corrected chi connectivity index (χ4v) is 2.31. The molecule has 0 atom stereocenters. The van der Waals surface area contributed by atoms with Crippen LogP contribution in [0.5, 0.6) is 0 Å². The minimum atomic E-state index is -0.893. The van der Waals surface area contributed by atoms with Gasteiger partial charge in [0.05, 0.1) is 13.2 Å². The smallest absolute Gasteiger partial charge is 0.320 e. The van der Waals surface area contributed by atoms with E-state index >= 15 is 0 Å². The number of hydrogen-bond donors (Lipinski definition) is 0. The third-order valence-electron chi connectivity index (χ3n) is 3.78. The third-order valence-corrected chi connectivity index (χ3v) is 3.78. The Morgan fingerprint density at radius 1 is 0.917 bits per heavy atom. The Kier molecular flexibility index (Phi) is 10.6. The molecule has 0 aliphatic heterocycles. The van der Waals surface area contributed by atoms with Crippen LogP contribution in [0.3, 0.4) is 0 Å². The van der Waals surface area contributed by atoms with E-state index in [2.05, 4.69) is 19.9 Å². The SMILES string of the molecule is CCCCCOC(=O)C(Cc1cc[c]cc1)C(=O)OCCCCC. The number of carbonyl (C=O) groups excluding carboxylic acids is 2. The quantitative estimate of drug-likeness (QED) is 0.328. The van der Waals surface area contributed by atoms with Gasteiger partial charge in [0.2, 0.25) is 0 Å². The summed E-state index contributed by atoms with van der Waals surface area (Å²) in [5.74, 6) is -1.87. The molecule has 4 nitrogen and oxygen atoms in total. The standard InChI is InChI=1S/C20H29O4/c1-3-5-10-14-23-19(21)18(16-17-12-8-7-9-13-17)20(22)24-15-11-6-4-2/h8-9,12-13,18H,3-6,10-11,14-16H2,1-2H3. The molecule has 1 aromatic carbocycles. The molecule has 1 aromatic rings. The zero-order valence-electron chi connectivity index (χ0n) is 14.9. The van der Waals surface area contributed by atoms with Crippen LogP contribution in [-0.4, -0.2) is 25.2 Å². The molecule has 0 fully saturated rings. The number of rotatable bonds is 12. The van der Waals surface area contributed by atoms with E-state index in [-0.39, 0.29) is 0 Å². The Morgan fingerprint density at radius 2 is 1.42 bits per heavy atom. The second kappa shape index (κ2) is 12.6.